The minimum atomic E-state index is -1.07. The van der Waals surface area contributed by atoms with Crippen LogP contribution in [0.15, 0.2) is 23.1 Å². The van der Waals surface area contributed by atoms with Crippen molar-refractivity contribution in [3.63, 3.8) is 0 Å². The third-order valence-electron chi connectivity index (χ3n) is 1.53. The Morgan fingerprint density at radius 2 is 2.00 bits per heavy atom. The van der Waals surface area contributed by atoms with Gasteiger partial charge in [-0.1, -0.05) is 11.6 Å². The summed E-state index contributed by atoms with van der Waals surface area (Å²) in [6.07, 6.45) is 0. The summed E-state index contributed by atoms with van der Waals surface area (Å²) in [5.41, 5.74) is 0.0901. The largest absolute Gasteiger partial charge is 0.481 e. The van der Waals surface area contributed by atoms with Crippen molar-refractivity contribution < 1.29 is 19.8 Å². The topological polar surface area (TPSA) is 74.6 Å². The molecule has 6 heteroatoms. The van der Waals surface area contributed by atoms with E-state index in [1.54, 1.807) is 0 Å². The lowest BCUT2D eigenvalue weighted by atomic mass is 10.2. The van der Waals surface area contributed by atoms with Crippen LogP contribution in [0.25, 0.3) is 0 Å². The van der Waals surface area contributed by atoms with E-state index in [1.165, 1.54) is 18.2 Å². The molecule has 0 aliphatic heterocycles. The van der Waals surface area contributed by atoms with E-state index in [-0.39, 0.29) is 11.3 Å². The molecule has 1 aromatic carbocycles. The summed E-state index contributed by atoms with van der Waals surface area (Å²) in [4.78, 5) is 21.4. The summed E-state index contributed by atoms with van der Waals surface area (Å²) in [5.74, 6) is -2.19. The van der Waals surface area contributed by atoms with Crippen molar-refractivity contribution in [2.24, 2.45) is 0 Å². The molecule has 0 aromatic heterocycles. The number of thioether (sulfide) groups is 1. The Kier molecular flexibility index (Phi) is 3.99. The minimum Gasteiger partial charge on any atom is -0.481 e. The second-order valence-corrected chi connectivity index (χ2v) is 4.06. The van der Waals surface area contributed by atoms with Gasteiger partial charge in [0.2, 0.25) is 0 Å². The zero-order valence-corrected chi connectivity index (χ0v) is 9.01. The Morgan fingerprint density at radius 3 is 2.53 bits per heavy atom. The van der Waals surface area contributed by atoms with Crippen molar-refractivity contribution in [3.05, 3.63) is 28.8 Å². The third kappa shape index (κ3) is 3.45. The normalized spacial score (nSPS) is 9.93. The second-order valence-electron chi connectivity index (χ2n) is 2.63. The number of aromatic carboxylic acids is 1. The molecule has 0 atom stereocenters. The van der Waals surface area contributed by atoms with Gasteiger partial charge >= 0.3 is 11.9 Å². The molecular formula is C9H7ClO4S. The van der Waals surface area contributed by atoms with Crippen molar-refractivity contribution in [3.8, 4) is 0 Å². The zero-order valence-electron chi connectivity index (χ0n) is 7.44. The van der Waals surface area contributed by atoms with Crippen molar-refractivity contribution >= 4 is 35.3 Å². The smallest absolute Gasteiger partial charge is 0.335 e. The van der Waals surface area contributed by atoms with E-state index in [2.05, 4.69) is 0 Å². The van der Waals surface area contributed by atoms with Crippen LogP contribution in [0.1, 0.15) is 10.4 Å². The van der Waals surface area contributed by atoms with Crippen molar-refractivity contribution in [1.29, 1.82) is 0 Å². The van der Waals surface area contributed by atoms with Gasteiger partial charge in [-0.2, -0.15) is 0 Å². The van der Waals surface area contributed by atoms with Crippen LogP contribution < -0.4 is 0 Å². The van der Waals surface area contributed by atoms with Gasteiger partial charge in [-0.25, -0.2) is 4.79 Å². The molecule has 0 spiro atoms. The van der Waals surface area contributed by atoms with E-state index < -0.39 is 11.9 Å². The Morgan fingerprint density at radius 1 is 1.33 bits per heavy atom. The first-order valence-corrected chi connectivity index (χ1v) is 5.24. The number of benzene rings is 1. The molecule has 80 valence electrons. The summed E-state index contributed by atoms with van der Waals surface area (Å²) < 4.78 is 0. The maximum atomic E-state index is 10.6. The molecule has 1 aromatic rings. The predicted octanol–water partition coefficient (Wildman–Crippen LogP) is 2.21. The number of halogens is 1. The number of hydrogen-bond acceptors (Lipinski definition) is 3. The molecule has 0 saturated carbocycles. The average Bonchev–Trinajstić information content (AvgIpc) is 2.16. The number of aliphatic carboxylic acids is 1. The lowest BCUT2D eigenvalue weighted by Crippen LogP contribution is -1.99. The van der Waals surface area contributed by atoms with Crippen LogP contribution in [0.2, 0.25) is 5.02 Å². The van der Waals surface area contributed by atoms with E-state index in [1.807, 2.05) is 0 Å². The molecule has 0 aliphatic rings. The van der Waals surface area contributed by atoms with E-state index >= 15 is 0 Å². The van der Waals surface area contributed by atoms with Crippen LogP contribution in [0.3, 0.4) is 0 Å². The van der Waals surface area contributed by atoms with Gasteiger partial charge in [0, 0.05) is 4.90 Å². The number of carboxylic acids is 2. The summed E-state index contributed by atoms with van der Waals surface area (Å²) in [5, 5.41) is 17.5. The van der Waals surface area contributed by atoms with Crippen molar-refractivity contribution in [2.75, 3.05) is 5.75 Å². The highest BCUT2D eigenvalue weighted by molar-refractivity contribution is 8.00. The van der Waals surface area contributed by atoms with E-state index in [4.69, 9.17) is 21.8 Å². The van der Waals surface area contributed by atoms with Crippen LogP contribution in [0.5, 0.6) is 0 Å². The van der Waals surface area contributed by atoms with Gasteiger partial charge in [-0.05, 0) is 18.2 Å². The van der Waals surface area contributed by atoms with Gasteiger partial charge in [0.25, 0.3) is 0 Å². The lowest BCUT2D eigenvalue weighted by Gasteiger charge is -2.03. The molecule has 2 N–H and O–H groups in total. The van der Waals surface area contributed by atoms with Crippen LogP contribution in [-0.2, 0) is 4.79 Å². The van der Waals surface area contributed by atoms with Gasteiger partial charge in [0.1, 0.15) is 0 Å². The first-order chi connectivity index (χ1) is 7.00. The Labute approximate surface area is 94.9 Å². The molecule has 0 heterocycles. The van der Waals surface area contributed by atoms with Crippen molar-refractivity contribution in [1.82, 2.24) is 0 Å². The van der Waals surface area contributed by atoms with E-state index in [0.717, 1.165) is 11.8 Å². The summed E-state index contributed by atoms with van der Waals surface area (Å²) in [6.45, 7) is 0. The van der Waals surface area contributed by atoms with Gasteiger partial charge in [-0.3, -0.25) is 4.79 Å². The summed E-state index contributed by atoms with van der Waals surface area (Å²) >= 11 is 6.77. The predicted molar refractivity (Wildman–Crippen MR) is 56.8 cm³/mol. The summed E-state index contributed by atoms with van der Waals surface area (Å²) in [6, 6.07) is 4.17. The molecule has 0 aliphatic carbocycles. The quantitative estimate of drug-likeness (QED) is 0.797. The average molecular weight is 247 g/mol. The summed E-state index contributed by atoms with van der Waals surface area (Å²) in [7, 11) is 0. The fourth-order valence-electron chi connectivity index (χ4n) is 0.886. The van der Waals surface area contributed by atoms with Gasteiger partial charge in [0.15, 0.2) is 0 Å². The highest BCUT2D eigenvalue weighted by atomic mass is 35.5. The van der Waals surface area contributed by atoms with Crippen LogP contribution in [0.4, 0.5) is 0 Å². The Balaban J connectivity index is 2.90. The monoisotopic (exact) mass is 246 g/mol. The van der Waals surface area contributed by atoms with Crippen molar-refractivity contribution in [2.45, 2.75) is 4.90 Å². The highest BCUT2D eigenvalue weighted by Gasteiger charge is 2.09. The molecule has 0 saturated heterocycles. The Bertz CT molecular complexity index is 405. The number of hydrogen-bond donors (Lipinski definition) is 2. The molecule has 0 bridgehead atoms. The van der Waals surface area contributed by atoms with E-state index in [0.29, 0.717) is 9.92 Å². The first-order valence-electron chi connectivity index (χ1n) is 3.88. The number of carboxylic acid groups (broad SMARTS) is 2. The molecular weight excluding hydrogens is 240 g/mol. The highest BCUT2D eigenvalue weighted by Crippen LogP contribution is 2.27. The maximum absolute atomic E-state index is 10.6. The standard InChI is InChI=1S/C9H7ClO4S/c10-6-2-1-5(9(13)14)3-7(6)15-4-8(11)12/h1-3H,4H2,(H,11,12)(H,13,14). The van der Waals surface area contributed by atoms with Gasteiger partial charge in [0.05, 0.1) is 16.3 Å². The molecule has 4 nitrogen and oxygen atoms in total. The SMILES string of the molecule is O=C(O)CSc1cc(C(=O)O)ccc1Cl. The number of carbonyl (C=O) groups is 2. The molecule has 0 radical (unpaired) electrons. The molecule has 0 unspecified atom stereocenters. The van der Waals surface area contributed by atoms with Gasteiger partial charge in [-0.15, -0.1) is 11.8 Å². The number of rotatable bonds is 4. The first kappa shape index (κ1) is 11.9. The lowest BCUT2D eigenvalue weighted by molar-refractivity contribution is -0.133. The Hall–Kier alpha value is -1.20. The minimum absolute atomic E-state index is 0.0901. The fraction of sp³-hybridized carbons (Fsp3) is 0.111. The molecule has 1 rings (SSSR count). The molecule has 15 heavy (non-hydrogen) atoms. The molecule has 0 amide bonds. The zero-order chi connectivity index (χ0) is 11.4. The van der Waals surface area contributed by atoms with E-state index in [9.17, 15) is 9.59 Å². The molecule has 0 fully saturated rings. The van der Waals surface area contributed by atoms with Crippen LogP contribution >= 0.6 is 23.4 Å². The van der Waals surface area contributed by atoms with Crippen LogP contribution in [0, 0.1) is 0 Å². The fourth-order valence-corrected chi connectivity index (χ4v) is 1.86. The maximum Gasteiger partial charge on any atom is 0.335 e. The van der Waals surface area contributed by atoms with Crippen LogP contribution in [-0.4, -0.2) is 27.9 Å². The van der Waals surface area contributed by atoms with Gasteiger partial charge < -0.3 is 10.2 Å². The third-order valence-corrected chi connectivity index (χ3v) is 3.01. The second kappa shape index (κ2) is 5.04.